The molecule has 1 saturated carbocycles. The number of esters is 1. The summed E-state index contributed by atoms with van der Waals surface area (Å²) in [5.74, 6) is -0.253. The molecule has 4 heteroatoms. The van der Waals surface area contributed by atoms with Crippen LogP contribution in [0.5, 0.6) is 0 Å². The van der Waals surface area contributed by atoms with E-state index >= 15 is 0 Å². The Morgan fingerprint density at radius 2 is 2.38 bits per heavy atom. The van der Waals surface area contributed by atoms with E-state index in [1.54, 1.807) is 0 Å². The van der Waals surface area contributed by atoms with Gasteiger partial charge in [-0.15, -0.1) is 0 Å². The molecule has 3 nitrogen and oxygen atoms in total. The lowest BCUT2D eigenvalue weighted by molar-refractivity contribution is -0.137. The lowest BCUT2D eigenvalue weighted by Crippen LogP contribution is -2.34. The van der Waals surface area contributed by atoms with Gasteiger partial charge in [-0.25, -0.2) is 4.79 Å². The van der Waals surface area contributed by atoms with Crippen LogP contribution in [0.1, 0.15) is 26.2 Å². The van der Waals surface area contributed by atoms with Crippen LogP contribution in [0.2, 0.25) is 0 Å². The highest BCUT2D eigenvalue weighted by atomic mass is 32.2. The Bertz CT molecular complexity index is 243. The molecule has 1 aliphatic rings. The van der Waals surface area contributed by atoms with Crippen LogP contribution in [0.4, 0.5) is 0 Å². The molecule has 1 aliphatic carbocycles. The third kappa shape index (κ3) is 4.58. The molecule has 0 aromatic rings. The number of carbonyl (C=O) groups excluding carboxylic acids is 1. The fraction of sp³-hybridized carbons (Fsp3) is 0.750. The van der Waals surface area contributed by atoms with Crippen molar-refractivity contribution in [3.8, 4) is 0 Å². The van der Waals surface area contributed by atoms with Crippen LogP contribution in [0.15, 0.2) is 12.2 Å². The molecular formula is C12H21NO2S. The predicted molar refractivity (Wildman–Crippen MR) is 68.7 cm³/mol. The first-order valence-electron chi connectivity index (χ1n) is 5.87. The third-order valence-corrected chi connectivity index (χ3v) is 3.96. The SMILES string of the molecule is CCOC(=O)/C=C/CNC1CCCC1SC. The predicted octanol–water partition coefficient (Wildman–Crippen LogP) is 1.98. The summed E-state index contributed by atoms with van der Waals surface area (Å²) >= 11 is 1.93. The van der Waals surface area contributed by atoms with Crippen molar-refractivity contribution in [1.82, 2.24) is 5.32 Å². The molecule has 0 aromatic heterocycles. The highest BCUT2D eigenvalue weighted by molar-refractivity contribution is 7.99. The van der Waals surface area contributed by atoms with E-state index < -0.39 is 0 Å². The van der Waals surface area contributed by atoms with Gasteiger partial charge >= 0.3 is 5.97 Å². The largest absolute Gasteiger partial charge is 0.463 e. The lowest BCUT2D eigenvalue weighted by atomic mass is 10.2. The number of nitrogens with one attached hydrogen (secondary N) is 1. The Balaban J connectivity index is 2.17. The van der Waals surface area contributed by atoms with Crippen LogP contribution in [0.25, 0.3) is 0 Å². The van der Waals surface area contributed by atoms with Crippen molar-refractivity contribution in [1.29, 1.82) is 0 Å². The molecule has 2 atom stereocenters. The average molecular weight is 243 g/mol. The molecule has 0 bridgehead atoms. The maximum Gasteiger partial charge on any atom is 0.330 e. The van der Waals surface area contributed by atoms with E-state index in [9.17, 15) is 4.79 Å². The van der Waals surface area contributed by atoms with Gasteiger partial charge in [0.05, 0.1) is 6.61 Å². The van der Waals surface area contributed by atoms with Crippen LogP contribution in [-0.2, 0) is 9.53 Å². The fourth-order valence-corrected chi connectivity index (χ4v) is 2.97. The first kappa shape index (κ1) is 13.6. The number of hydrogen-bond donors (Lipinski definition) is 1. The maximum absolute atomic E-state index is 11.0. The molecule has 1 fully saturated rings. The summed E-state index contributed by atoms with van der Waals surface area (Å²) in [6, 6.07) is 0.599. The second-order valence-corrected chi connectivity index (χ2v) is 4.95. The van der Waals surface area contributed by atoms with Gasteiger partial charge in [-0.3, -0.25) is 0 Å². The Labute approximate surface area is 102 Å². The van der Waals surface area contributed by atoms with E-state index in [-0.39, 0.29) is 5.97 Å². The molecule has 0 aliphatic heterocycles. The summed E-state index contributed by atoms with van der Waals surface area (Å²) in [4.78, 5) is 11.0. The van der Waals surface area contributed by atoms with Crippen molar-refractivity contribution in [2.45, 2.75) is 37.5 Å². The van der Waals surface area contributed by atoms with Crippen molar-refractivity contribution in [3.63, 3.8) is 0 Å². The molecule has 0 saturated heterocycles. The molecule has 1 rings (SSSR count). The van der Waals surface area contributed by atoms with Crippen LogP contribution < -0.4 is 5.32 Å². The van der Waals surface area contributed by atoms with Gasteiger partial charge in [-0.05, 0) is 26.0 Å². The highest BCUT2D eigenvalue weighted by Gasteiger charge is 2.25. The quantitative estimate of drug-likeness (QED) is 0.572. The zero-order chi connectivity index (χ0) is 11.8. The molecule has 92 valence electrons. The number of thioether (sulfide) groups is 1. The van der Waals surface area contributed by atoms with Gasteiger partial charge in [0.1, 0.15) is 0 Å². The zero-order valence-electron chi connectivity index (χ0n) is 10.1. The van der Waals surface area contributed by atoms with Crippen LogP contribution in [0, 0.1) is 0 Å². The topological polar surface area (TPSA) is 38.3 Å². The third-order valence-electron chi connectivity index (χ3n) is 2.79. The second-order valence-electron chi connectivity index (χ2n) is 3.87. The highest BCUT2D eigenvalue weighted by Crippen LogP contribution is 2.28. The van der Waals surface area contributed by atoms with E-state index in [4.69, 9.17) is 4.74 Å². The van der Waals surface area contributed by atoms with E-state index in [0.717, 1.165) is 11.8 Å². The van der Waals surface area contributed by atoms with Crippen LogP contribution >= 0.6 is 11.8 Å². The minimum atomic E-state index is -0.253. The van der Waals surface area contributed by atoms with Gasteiger partial charge in [0.2, 0.25) is 0 Å². The molecule has 0 spiro atoms. The maximum atomic E-state index is 11.0. The van der Waals surface area contributed by atoms with E-state index in [1.807, 2.05) is 24.8 Å². The summed E-state index contributed by atoms with van der Waals surface area (Å²) < 4.78 is 4.80. The Kier molecular flexibility index (Phi) is 6.57. The van der Waals surface area contributed by atoms with Crippen LogP contribution in [0.3, 0.4) is 0 Å². The summed E-state index contributed by atoms with van der Waals surface area (Å²) in [6.45, 7) is 3.00. The van der Waals surface area contributed by atoms with Gasteiger partial charge in [0, 0.05) is 23.9 Å². The van der Waals surface area contributed by atoms with Crippen LogP contribution in [-0.4, -0.2) is 36.7 Å². The van der Waals surface area contributed by atoms with Crippen molar-refractivity contribution in [2.24, 2.45) is 0 Å². The number of rotatable bonds is 6. The first-order chi connectivity index (χ1) is 7.77. The molecule has 0 radical (unpaired) electrons. The smallest absolute Gasteiger partial charge is 0.330 e. The average Bonchev–Trinajstić information content (AvgIpc) is 2.72. The lowest BCUT2D eigenvalue weighted by Gasteiger charge is -2.17. The normalized spacial score (nSPS) is 25.1. The van der Waals surface area contributed by atoms with Gasteiger partial charge < -0.3 is 10.1 Å². The van der Waals surface area contributed by atoms with Gasteiger partial charge in [-0.2, -0.15) is 11.8 Å². The summed E-state index contributed by atoms with van der Waals surface area (Å²) in [7, 11) is 0. The molecule has 0 heterocycles. The molecule has 0 amide bonds. The molecule has 16 heavy (non-hydrogen) atoms. The summed E-state index contributed by atoms with van der Waals surface area (Å²) in [5, 5.41) is 4.20. The Morgan fingerprint density at radius 3 is 3.06 bits per heavy atom. The van der Waals surface area contributed by atoms with Gasteiger partial charge in [-0.1, -0.05) is 12.5 Å². The summed E-state index contributed by atoms with van der Waals surface area (Å²) in [6.07, 6.45) is 9.37. The number of ether oxygens (including phenoxy) is 1. The van der Waals surface area contributed by atoms with E-state index in [2.05, 4.69) is 11.6 Å². The minimum absolute atomic E-state index is 0.253. The number of carbonyl (C=O) groups is 1. The molecular weight excluding hydrogens is 222 g/mol. The number of hydrogen-bond acceptors (Lipinski definition) is 4. The standard InChI is InChI=1S/C12H21NO2S/c1-3-15-12(14)8-5-9-13-10-6-4-7-11(10)16-2/h5,8,10-11,13H,3-4,6-7,9H2,1-2H3/b8-5+. The van der Waals surface area contributed by atoms with Gasteiger partial charge in [0.25, 0.3) is 0 Å². The monoisotopic (exact) mass is 243 g/mol. The van der Waals surface area contributed by atoms with E-state index in [1.165, 1.54) is 25.3 Å². The zero-order valence-corrected chi connectivity index (χ0v) is 10.9. The minimum Gasteiger partial charge on any atom is -0.463 e. The fourth-order valence-electron chi connectivity index (χ4n) is 2.01. The van der Waals surface area contributed by atoms with Crippen molar-refractivity contribution in [2.75, 3.05) is 19.4 Å². The van der Waals surface area contributed by atoms with Crippen molar-refractivity contribution >= 4 is 17.7 Å². The molecule has 1 N–H and O–H groups in total. The Hall–Kier alpha value is -0.480. The van der Waals surface area contributed by atoms with E-state index in [0.29, 0.717) is 12.6 Å². The van der Waals surface area contributed by atoms with Gasteiger partial charge in [0.15, 0.2) is 0 Å². The van der Waals surface area contributed by atoms with Crippen molar-refractivity contribution < 1.29 is 9.53 Å². The first-order valence-corrected chi connectivity index (χ1v) is 7.16. The molecule has 0 aromatic carbocycles. The second kappa shape index (κ2) is 7.74. The Morgan fingerprint density at radius 1 is 1.56 bits per heavy atom. The molecule has 2 unspecified atom stereocenters. The van der Waals surface area contributed by atoms with Crippen molar-refractivity contribution in [3.05, 3.63) is 12.2 Å². The summed E-state index contributed by atoms with van der Waals surface area (Å²) in [5.41, 5.74) is 0.